The van der Waals surface area contributed by atoms with Gasteiger partial charge in [-0.2, -0.15) is 0 Å². The monoisotopic (exact) mass is 613 g/mol. The topological polar surface area (TPSA) is 46.4 Å². The van der Waals surface area contributed by atoms with Crippen LogP contribution in [0, 0.1) is 13.8 Å². The number of amides is 1. The third kappa shape index (κ3) is 6.05. The van der Waals surface area contributed by atoms with Crippen LogP contribution in [0.3, 0.4) is 0 Å². The molecule has 2 aromatic heterocycles. The number of carbonyl (C=O) groups is 1. The van der Waals surface area contributed by atoms with Crippen LogP contribution in [0.5, 0.6) is 0 Å². The van der Waals surface area contributed by atoms with Gasteiger partial charge in [0.1, 0.15) is 5.00 Å². The number of hydrogen-bond acceptors (Lipinski definition) is 3. The maximum Gasteiger partial charge on any atom is 0.259 e. The third-order valence-electron chi connectivity index (χ3n) is 8.02. The summed E-state index contributed by atoms with van der Waals surface area (Å²) >= 11 is 14.3. The van der Waals surface area contributed by atoms with Gasteiger partial charge in [0.25, 0.3) is 5.91 Å². The quantitative estimate of drug-likeness (QED) is 0.190. The minimum atomic E-state index is -0.0752. The number of aryl methyl sites for hydroxylation is 3. The van der Waals surface area contributed by atoms with E-state index in [2.05, 4.69) is 40.3 Å². The minimum absolute atomic E-state index is 0.0752. The van der Waals surface area contributed by atoms with Crippen LogP contribution in [-0.4, -0.2) is 16.7 Å². The van der Waals surface area contributed by atoms with Crippen molar-refractivity contribution in [2.45, 2.75) is 58.9 Å². The van der Waals surface area contributed by atoms with Gasteiger partial charge in [0.05, 0.1) is 5.56 Å². The SMILES string of the molecule is Cc1ccc(C)c(NC(=O)c2c(N=Cc3cn(Cc4ccc(Cl)cc4Cl)c4ccccc34)sc3c2CCCCCC3)c1. The van der Waals surface area contributed by atoms with Crippen LogP contribution >= 0.6 is 34.5 Å². The van der Waals surface area contributed by atoms with Gasteiger partial charge in [-0.25, -0.2) is 4.99 Å². The first-order valence-electron chi connectivity index (χ1n) is 14.5. The van der Waals surface area contributed by atoms with Crippen LogP contribution in [0.1, 0.15) is 68.7 Å². The smallest absolute Gasteiger partial charge is 0.259 e. The predicted octanol–water partition coefficient (Wildman–Crippen LogP) is 10.3. The molecule has 1 amide bonds. The van der Waals surface area contributed by atoms with Crippen molar-refractivity contribution in [2.24, 2.45) is 4.99 Å². The van der Waals surface area contributed by atoms with Gasteiger partial charge in [-0.3, -0.25) is 4.79 Å². The van der Waals surface area contributed by atoms with Gasteiger partial charge in [0.2, 0.25) is 0 Å². The number of aliphatic imine (C=N–C) groups is 1. The summed E-state index contributed by atoms with van der Waals surface area (Å²) in [6.45, 7) is 4.68. The third-order valence-corrected chi connectivity index (χ3v) is 9.80. The number of para-hydroxylation sites is 1. The Morgan fingerprint density at radius 1 is 1.00 bits per heavy atom. The number of halogens is 2. The van der Waals surface area contributed by atoms with E-state index in [1.54, 1.807) is 17.4 Å². The van der Waals surface area contributed by atoms with Crippen molar-refractivity contribution in [1.82, 2.24) is 4.57 Å². The molecule has 2 heterocycles. The maximum absolute atomic E-state index is 13.9. The first-order chi connectivity index (χ1) is 20.4. The Bertz CT molecular complexity index is 1820. The zero-order chi connectivity index (χ0) is 29.2. The van der Waals surface area contributed by atoms with Gasteiger partial charge >= 0.3 is 0 Å². The Labute approximate surface area is 261 Å². The number of benzene rings is 3. The number of thiophene rings is 1. The predicted molar refractivity (Wildman–Crippen MR) is 179 cm³/mol. The highest BCUT2D eigenvalue weighted by molar-refractivity contribution is 7.16. The zero-order valence-electron chi connectivity index (χ0n) is 23.8. The summed E-state index contributed by atoms with van der Waals surface area (Å²) in [7, 11) is 0. The van der Waals surface area contributed by atoms with Crippen molar-refractivity contribution in [2.75, 3.05) is 5.32 Å². The maximum atomic E-state index is 13.9. The van der Waals surface area contributed by atoms with E-state index in [9.17, 15) is 4.79 Å². The van der Waals surface area contributed by atoms with Crippen molar-refractivity contribution in [3.05, 3.63) is 115 Å². The number of anilines is 1. The first-order valence-corrected chi connectivity index (χ1v) is 16.0. The molecule has 1 aliphatic rings. The van der Waals surface area contributed by atoms with Crippen LogP contribution in [0.2, 0.25) is 10.0 Å². The lowest BCUT2D eigenvalue weighted by Crippen LogP contribution is -2.15. The second-order valence-corrected chi connectivity index (χ2v) is 13.0. The number of rotatable bonds is 6. The molecule has 4 nitrogen and oxygen atoms in total. The molecule has 1 N–H and O–H groups in total. The number of hydrogen-bond donors (Lipinski definition) is 1. The van der Waals surface area contributed by atoms with E-state index >= 15 is 0 Å². The van der Waals surface area contributed by atoms with E-state index in [1.165, 1.54) is 23.3 Å². The highest BCUT2D eigenvalue weighted by Crippen LogP contribution is 2.40. The highest BCUT2D eigenvalue weighted by atomic mass is 35.5. The Hall–Kier alpha value is -3.38. The molecule has 7 heteroatoms. The van der Waals surface area contributed by atoms with Crippen LogP contribution in [0.15, 0.2) is 71.9 Å². The fourth-order valence-corrected chi connectivity index (χ4v) is 7.45. The molecule has 3 aromatic carbocycles. The molecule has 214 valence electrons. The van der Waals surface area contributed by atoms with E-state index in [0.717, 1.165) is 75.1 Å². The number of aromatic nitrogens is 1. The Morgan fingerprint density at radius 2 is 1.81 bits per heavy atom. The fraction of sp³-hybridized carbons (Fsp3) is 0.257. The van der Waals surface area contributed by atoms with E-state index in [1.807, 2.05) is 50.4 Å². The fourth-order valence-electron chi connectivity index (χ4n) is 5.76. The molecular weight excluding hydrogens is 581 g/mol. The summed E-state index contributed by atoms with van der Waals surface area (Å²) in [5.74, 6) is -0.0752. The van der Waals surface area contributed by atoms with Gasteiger partial charge in [0.15, 0.2) is 0 Å². The van der Waals surface area contributed by atoms with Crippen LogP contribution in [0.4, 0.5) is 10.7 Å². The molecule has 0 unspecified atom stereocenters. The average Bonchev–Trinajstić information content (AvgIpc) is 3.48. The lowest BCUT2D eigenvalue weighted by molar-refractivity contribution is 0.102. The normalized spacial score (nSPS) is 13.7. The van der Waals surface area contributed by atoms with Gasteiger partial charge < -0.3 is 9.88 Å². The summed E-state index contributed by atoms with van der Waals surface area (Å²) in [4.78, 5) is 20.2. The van der Waals surface area contributed by atoms with Gasteiger partial charge in [-0.1, -0.05) is 72.4 Å². The van der Waals surface area contributed by atoms with E-state index in [-0.39, 0.29) is 5.91 Å². The second kappa shape index (κ2) is 12.5. The van der Waals surface area contributed by atoms with Crippen LogP contribution in [0.25, 0.3) is 10.9 Å². The number of nitrogens with zero attached hydrogens (tertiary/aromatic N) is 2. The molecule has 0 saturated carbocycles. The largest absolute Gasteiger partial charge is 0.342 e. The summed E-state index contributed by atoms with van der Waals surface area (Å²) in [5.41, 5.74) is 8.00. The molecule has 0 radical (unpaired) electrons. The summed E-state index contributed by atoms with van der Waals surface area (Å²) in [5, 5.41) is 6.36. The average molecular weight is 615 g/mol. The molecule has 0 aliphatic heterocycles. The van der Waals surface area contributed by atoms with Gasteiger partial charge in [0, 0.05) is 56.0 Å². The van der Waals surface area contributed by atoms with Crippen molar-refractivity contribution in [3.63, 3.8) is 0 Å². The molecule has 0 bridgehead atoms. The molecule has 42 heavy (non-hydrogen) atoms. The van der Waals surface area contributed by atoms with E-state index < -0.39 is 0 Å². The number of fused-ring (bicyclic) bond motifs is 2. The number of carbonyl (C=O) groups excluding carboxylic acids is 1. The van der Waals surface area contributed by atoms with E-state index in [4.69, 9.17) is 28.2 Å². The Kier molecular flexibility index (Phi) is 8.53. The molecule has 0 fully saturated rings. The van der Waals surface area contributed by atoms with E-state index in [0.29, 0.717) is 16.6 Å². The molecule has 0 saturated heterocycles. The van der Waals surface area contributed by atoms with Gasteiger partial charge in [-0.15, -0.1) is 11.3 Å². The highest BCUT2D eigenvalue weighted by Gasteiger charge is 2.24. The molecule has 5 aromatic rings. The standard InChI is InChI=1S/C35H33Cl2N3OS/c1-22-13-14-23(2)30(17-22)39-34(41)33-28-10-5-3-4-6-12-32(28)42-35(33)38-19-25-21-40(31-11-8-7-9-27(25)31)20-24-15-16-26(36)18-29(24)37/h7-9,11,13-19,21H,3-6,10,12,20H2,1-2H3,(H,39,41). The lowest BCUT2D eigenvalue weighted by Gasteiger charge is -2.13. The lowest BCUT2D eigenvalue weighted by atomic mass is 9.96. The van der Waals surface area contributed by atoms with Crippen molar-refractivity contribution in [1.29, 1.82) is 0 Å². The van der Waals surface area contributed by atoms with Gasteiger partial charge in [-0.05, 0) is 86.1 Å². The minimum Gasteiger partial charge on any atom is -0.342 e. The first kappa shape index (κ1) is 28.7. The zero-order valence-corrected chi connectivity index (χ0v) is 26.2. The number of nitrogens with one attached hydrogen (secondary N) is 1. The molecule has 6 rings (SSSR count). The molecule has 0 spiro atoms. The molecule has 0 atom stereocenters. The summed E-state index contributed by atoms with van der Waals surface area (Å²) in [6, 6.07) is 20.1. The van der Waals surface area contributed by atoms with Crippen molar-refractivity contribution in [3.8, 4) is 0 Å². The molecule has 1 aliphatic carbocycles. The van der Waals surface area contributed by atoms with Crippen molar-refractivity contribution >= 4 is 68.3 Å². The van der Waals surface area contributed by atoms with Crippen LogP contribution in [-0.2, 0) is 19.4 Å². The second-order valence-electron chi connectivity index (χ2n) is 11.1. The summed E-state index contributed by atoms with van der Waals surface area (Å²) < 4.78 is 2.19. The molecular formula is C35H33Cl2N3OS. The Balaban J connectivity index is 1.38. The van der Waals surface area contributed by atoms with Crippen LogP contribution < -0.4 is 5.32 Å². The Morgan fingerprint density at radius 3 is 2.64 bits per heavy atom. The summed E-state index contributed by atoms with van der Waals surface area (Å²) in [6.07, 6.45) is 10.6. The van der Waals surface area contributed by atoms with Crippen molar-refractivity contribution < 1.29 is 4.79 Å².